The van der Waals surface area contributed by atoms with Crippen LogP contribution in [0.2, 0.25) is 0 Å². The van der Waals surface area contributed by atoms with Gasteiger partial charge in [0.05, 0.1) is 59.2 Å². The van der Waals surface area contributed by atoms with Crippen LogP contribution in [0.25, 0.3) is 22.3 Å². The number of benzene rings is 6. The van der Waals surface area contributed by atoms with E-state index in [2.05, 4.69) is 43.5 Å². The molecule has 0 radical (unpaired) electrons. The molecule has 30 heteroatoms. The fourth-order valence-electron chi connectivity index (χ4n) is 15.8. The van der Waals surface area contributed by atoms with Crippen molar-refractivity contribution in [2.24, 2.45) is 33.2 Å². The SMILES string of the molecule is C=CCOC(=O)N1c2cc(OCCCC(=O)Nc3cc(C(=O)Nc4ccc(-c5cc(C(=O)Nc6ccc(N)cc6)n(C)c5)cc4)n(C)c3)c(C)cc2C(=O)N2CCCC[C@H]2C1OC1CCCCO1.Cc1cc2c(cc1OCCCC(=O)Nc1cc(C(=O)Nc3ccc(-c4cc(C(=O)Nc5ccc(N)cc5)n(C)c4)cc3)n(C)c1)N=C[C@@H]1CCCCN1C2=O. The van der Waals surface area contributed by atoms with Gasteiger partial charge in [0.25, 0.3) is 35.4 Å². The lowest BCUT2D eigenvalue weighted by molar-refractivity contribution is -0.198. The fourth-order valence-corrected chi connectivity index (χ4v) is 15.8. The number of piperidine rings is 2. The smallest absolute Gasteiger partial charge is 0.416 e. The van der Waals surface area contributed by atoms with Crippen LogP contribution < -0.4 is 57.7 Å². The Kier molecular flexibility index (Phi) is 26.8. The Bertz CT molecular complexity index is 5640. The molecule has 0 spiro atoms. The predicted molar refractivity (Wildman–Crippen MR) is 473 cm³/mol. The predicted octanol–water partition coefficient (Wildman–Crippen LogP) is 15.2. The van der Waals surface area contributed by atoms with Gasteiger partial charge in [-0.15, -0.1) is 0 Å². The molecule has 4 atom stereocenters. The molecule has 6 aromatic carbocycles. The third-order valence-corrected chi connectivity index (χ3v) is 22.3. The number of nitrogens with two attached hydrogens (primary N) is 2. The van der Waals surface area contributed by atoms with E-state index in [1.54, 1.807) is 155 Å². The zero-order valence-corrected chi connectivity index (χ0v) is 69.7. The van der Waals surface area contributed by atoms with Crippen LogP contribution in [0.4, 0.5) is 61.7 Å². The van der Waals surface area contributed by atoms with Crippen LogP contribution >= 0.6 is 0 Å². The largest absolute Gasteiger partial charge is 0.493 e. The van der Waals surface area contributed by atoms with Crippen molar-refractivity contribution in [3.63, 3.8) is 0 Å². The molecule has 15 rings (SSSR count). The number of hydrogen-bond acceptors (Lipinski definition) is 17. The number of hydrogen-bond donors (Lipinski definition) is 8. The maximum absolute atomic E-state index is 14.2. The number of aromatic nitrogens is 4. The maximum Gasteiger partial charge on any atom is 0.416 e. The van der Waals surface area contributed by atoms with Gasteiger partial charge in [0, 0.05) is 149 Å². The van der Waals surface area contributed by atoms with E-state index in [0.717, 1.165) is 79.3 Å². The first-order chi connectivity index (χ1) is 59.4. The van der Waals surface area contributed by atoms with Gasteiger partial charge in [-0.05, 0) is 216 Å². The summed E-state index contributed by atoms with van der Waals surface area (Å²) in [5.41, 5.74) is 24.6. The van der Waals surface area contributed by atoms with Gasteiger partial charge >= 0.3 is 6.09 Å². The normalized spacial score (nSPS) is 16.5. The Morgan fingerprint density at radius 2 is 0.943 bits per heavy atom. The van der Waals surface area contributed by atoms with Crippen LogP contribution in [0.5, 0.6) is 11.5 Å². The number of aryl methyl sites for hydroxylation is 6. The molecule has 3 saturated heterocycles. The van der Waals surface area contributed by atoms with Crippen molar-refractivity contribution in [2.45, 2.75) is 122 Å². The topological polar surface area (TPSA) is 366 Å². The highest BCUT2D eigenvalue weighted by Gasteiger charge is 2.47. The van der Waals surface area contributed by atoms with Crippen molar-refractivity contribution >= 4 is 116 Å². The Labute approximate surface area is 712 Å². The highest BCUT2D eigenvalue weighted by atomic mass is 16.7. The lowest BCUT2D eigenvalue weighted by Crippen LogP contribution is -2.57. The number of amides is 9. The molecule has 4 aromatic heterocycles. The average molecular weight is 1670 g/mol. The van der Waals surface area contributed by atoms with E-state index in [0.29, 0.717) is 153 Å². The summed E-state index contributed by atoms with van der Waals surface area (Å²) in [5, 5.41) is 17.3. The quantitative estimate of drug-likeness (QED) is 0.0142. The molecule has 30 nitrogen and oxygen atoms in total. The number of aliphatic imine (C=N–C) groups is 1. The van der Waals surface area contributed by atoms with Crippen LogP contribution in [-0.4, -0.2) is 152 Å². The molecular formula is C93H102N16O14. The molecule has 10 N–H and O–H groups in total. The van der Waals surface area contributed by atoms with Crippen molar-refractivity contribution in [1.29, 1.82) is 0 Å². The minimum Gasteiger partial charge on any atom is -0.493 e. The number of nitrogens with one attached hydrogen (secondary N) is 6. The molecule has 10 aromatic rings. The lowest BCUT2D eigenvalue weighted by Gasteiger charge is -2.42. The van der Waals surface area contributed by atoms with Gasteiger partial charge < -0.3 is 95.1 Å². The minimum absolute atomic E-state index is 0.0119. The summed E-state index contributed by atoms with van der Waals surface area (Å²) in [6, 6.07) is 42.1. The van der Waals surface area contributed by atoms with Gasteiger partial charge in [0.2, 0.25) is 11.8 Å². The zero-order chi connectivity index (χ0) is 86.5. The number of carbonyl (C=O) groups excluding carboxylic acids is 9. The van der Waals surface area contributed by atoms with Gasteiger partial charge in [-0.25, -0.2) is 9.69 Å². The van der Waals surface area contributed by atoms with Crippen molar-refractivity contribution in [3.8, 4) is 33.8 Å². The zero-order valence-electron chi connectivity index (χ0n) is 69.7. The van der Waals surface area contributed by atoms with Gasteiger partial charge in [0.1, 0.15) is 40.9 Å². The number of anilines is 9. The summed E-state index contributed by atoms with van der Waals surface area (Å²) in [7, 11) is 7.07. The number of ether oxygens (including phenoxy) is 5. The highest BCUT2D eigenvalue weighted by Crippen LogP contribution is 2.42. The molecule has 9 amide bonds. The van der Waals surface area contributed by atoms with Crippen LogP contribution in [0.15, 0.2) is 188 Å². The molecule has 123 heavy (non-hydrogen) atoms. The fraction of sp³-hybridized carbons (Fsp3) is 0.312. The number of rotatable bonds is 26. The summed E-state index contributed by atoms with van der Waals surface area (Å²) < 4.78 is 37.2. The standard InChI is InChI=1S/C51H58N8O9.C42H44N8O5/c1-5-23-67-51(64)59-41-29-44(32(2)26-39(41)49(63)58-22-8-6-11-40(58)50(59)68-46-13-7-9-24-66-46)65-25-10-12-45(60)53-38-28-43(57(4)31-38)48(62)54-36-18-14-33(15-19-36)34-27-42(56(3)30-34)47(61)55-37-20-16-35(52)17-21-37;1-26-19-34-35(44-23-33-7-4-5-17-50(33)42(34)54)22-38(26)55-18-6-8-39(51)45-32-21-37(49(3)25-32)41(53)46-30-13-9-27(10-14-30)28-20-36(48(2)24-28)40(52)47-31-15-11-29(43)12-16-31/h5,14-21,26-31,40,46,50H,1,6-13,22-25,52H2,2-4H3,(H,53,60)(H,54,62)(H,55,61);9-16,19-25,33H,4-8,17-18,43H2,1-3H3,(H,45,51)(H,46,53)(H,47,52)/t40-,46?,50?;33-/m00/s1. The third-order valence-electron chi connectivity index (χ3n) is 22.3. The first-order valence-electron chi connectivity index (χ1n) is 41.4. The summed E-state index contributed by atoms with van der Waals surface area (Å²) in [4.78, 5) is 130. The monoisotopic (exact) mass is 1670 g/mol. The number of fused-ring (bicyclic) bond motifs is 4. The maximum atomic E-state index is 14.2. The van der Waals surface area contributed by atoms with Gasteiger partial charge in [-0.3, -0.25) is 43.3 Å². The average Bonchev–Trinajstić information content (AvgIpc) is 1.62. The van der Waals surface area contributed by atoms with E-state index >= 15 is 0 Å². The molecule has 9 heterocycles. The Morgan fingerprint density at radius 3 is 1.44 bits per heavy atom. The Balaban J connectivity index is 0.000000205. The van der Waals surface area contributed by atoms with Crippen LogP contribution in [-0.2, 0) is 52.0 Å². The molecule has 0 aliphatic carbocycles. The van der Waals surface area contributed by atoms with Gasteiger partial charge in [-0.2, -0.15) is 0 Å². The van der Waals surface area contributed by atoms with E-state index in [4.69, 9.17) is 35.2 Å². The van der Waals surface area contributed by atoms with Crippen LogP contribution in [0, 0.1) is 13.8 Å². The lowest BCUT2D eigenvalue weighted by atomic mass is 10.00. The number of nitrogen functional groups attached to an aromatic ring is 2. The summed E-state index contributed by atoms with van der Waals surface area (Å²) >= 11 is 0. The summed E-state index contributed by atoms with van der Waals surface area (Å²) in [6.07, 6.45) is 17.4. The van der Waals surface area contributed by atoms with Crippen molar-refractivity contribution in [2.75, 3.05) is 87.8 Å². The van der Waals surface area contributed by atoms with E-state index in [1.807, 2.05) is 91.8 Å². The van der Waals surface area contributed by atoms with E-state index in [1.165, 1.54) is 11.0 Å². The molecule has 0 bridgehead atoms. The van der Waals surface area contributed by atoms with E-state index in [-0.39, 0.29) is 79.4 Å². The second-order valence-electron chi connectivity index (χ2n) is 31.3. The molecule has 3 fully saturated rings. The number of nitrogens with zero attached hydrogens (tertiary/aromatic N) is 8. The number of carbonyl (C=O) groups is 9. The summed E-state index contributed by atoms with van der Waals surface area (Å²) in [6.45, 7) is 9.72. The molecule has 5 aliphatic heterocycles. The molecule has 5 aliphatic rings. The summed E-state index contributed by atoms with van der Waals surface area (Å²) in [5.74, 6) is -0.754. The van der Waals surface area contributed by atoms with Gasteiger partial charge in [-0.1, -0.05) is 36.9 Å². The van der Waals surface area contributed by atoms with Crippen LogP contribution in [0.3, 0.4) is 0 Å². The highest BCUT2D eigenvalue weighted by molar-refractivity contribution is 6.09. The van der Waals surface area contributed by atoms with Crippen LogP contribution in [0.1, 0.15) is 157 Å². The molecule has 638 valence electrons. The van der Waals surface area contributed by atoms with Crippen molar-refractivity contribution < 1.29 is 66.8 Å². The van der Waals surface area contributed by atoms with E-state index < -0.39 is 24.7 Å². The first-order valence-corrected chi connectivity index (χ1v) is 41.4. The Hall–Kier alpha value is -14.0. The molecule has 2 unspecified atom stereocenters. The third kappa shape index (κ3) is 20.6. The van der Waals surface area contributed by atoms with Crippen molar-refractivity contribution in [3.05, 3.63) is 228 Å². The second kappa shape index (κ2) is 38.6. The Morgan fingerprint density at radius 1 is 0.496 bits per heavy atom. The van der Waals surface area contributed by atoms with Gasteiger partial charge in [0.15, 0.2) is 12.5 Å². The first kappa shape index (κ1) is 85.4. The van der Waals surface area contributed by atoms with E-state index in [9.17, 15) is 43.2 Å². The molecular weight excluding hydrogens is 1570 g/mol. The molecule has 0 saturated carbocycles. The minimum atomic E-state index is -0.864. The van der Waals surface area contributed by atoms with Crippen molar-refractivity contribution in [1.82, 2.24) is 28.1 Å². The second-order valence-corrected chi connectivity index (χ2v) is 31.3.